The fraction of sp³-hybridized carbons (Fsp3) is 0.200. The number of para-hydroxylation sites is 1. The van der Waals surface area contributed by atoms with Crippen LogP contribution in [0, 0.1) is 18.6 Å². The molecule has 1 atom stereocenters. The predicted octanol–water partition coefficient (Wildman–Crippen LogP) is 4.86. The monoisotopic (exact) mass is 450 g/mol. The molecule has 2 aliphatic heterocycles. The summed E-state index contributed by atoms with van der Waals surface area (Å²) in [6.45, 7) is 2.33. The number of amides is 2. The van der Waals surface area contributed by atoms with Gasteiger partial charge in [0.05, 0.1) is 12.2 Å². The second-order valence-electron chi connectivity index (χ2n) is 7.96. The van der Waals surface area contributed by atoms with Crippen molar-refractivity contribution in [3.05, 3.63) is 101 Å². The van der Waals surface area contributed by atoms with Gasteiger partial charge in [0.1, 0.15) is 11.6 Å². The van der Waals surface area contributed by atoms with E-state index in [4.69, 9.17) is 0 Å². The minimum Gasteiger partial charge on any atom is -0.311 e. The van der Waals surface area contributed by atoms with Crippen molar-refractivity contribution >= 4 is 29.3 Å². The molecule has 0 bridgehead atoms. The Hall–Kier alpha value is -3.19. The maximum Gasteiger partial charge on any atom is 0.268 e. The largest absolute Gasteiger partial charge is 0.311 e. The molecule has 0 radical (unpaired) electrons. The summed E-state index contributed by atoms with van der Waals surface area (Å²) in [5.41, 5.74) is 3.13. The molecule has 4 nitrogen and oxygen atoms in total. The number of halogens is 2. The second kappa shape index (κ2) is 7.74. The molecule has 1 fully saturated rings. The highest BCUT2D eigenvalue weighted by Gasteiger charge is 2.59. The zero-order valence-electron chi connectivity index (χ0n) is 17.3. The van der Waals surface area contributed by atoms with E-state index in [-0.39, 0.29) is 23.9 Å². The first kappa shape index (κ1) is 20.7. The highest BCUT2D eigenvalue weighted by molar-refractivity contribution is 8.01. The molecule has 3 aromatic rings. The third-order valence-electron chi connectivity index (χ3n) is 5.99. The number of hydrogen-bond donors (Lipinski definition) is 0. The van der Waals surface area contributed by atoms with Crippen LogP contribution < -0.4 is 4.90 Å². The van der Waals surface area contributed by atoms with Gasteiger partial charge in [-0.15, -0.1) is 11.8 Å². The van der Waals surface area contributed by atoms with Crippen molar-refractivity contribution in [1.29, 1.82) is 0 Å². The first-order valence-electron chi connectivity index (χ1n) is 10.3. The van der Waals surface area contributed by atoms with Crippen LogP contribution in [0.5, 0.6) is 0 Å². The summed E-state index contributed by atoms with van der Waals surface area (Å²) < 4.78 is 27.8. The number of aryl methyl sites for hydroxylation is 1. The fourth-order valence-electron chi connectivity index (χ4n) is 4.40. The van der Waals surface area contributed by atoms with Crippen LogP contribution in [0.25, 0.3) is 0 Å². The van der Waals surface area contributed by atoms with Gasteiger partial charge in [0.2, 0.25) is 0 Å². The van der Waals surface area contributed by atoms with Gasteiger partial charge < -0.3 is 9.80 Å². The Kier molecular flexibility index (Phi) is 5.01. The first-order valence-corrected chi connectivity index (χ1v) is 11.3. The minimum absolute atomic E-state index is 0.0448. The van der Waals surface area contributed by atoms with Crippen LogP contribution in [0.3, 0.4) is 0 Å². The third kappa shape index (κ3) is 3.11. The molecular formula is C25H20F2N2O2S. The second-order valence-corrected chi connectivity index (χ2v) is 9.25. The summed E-state index contributed by atoms with van der Waals surface area (Å²) in [5, 5.41) is 0. The first-order chi connectivity index (χ1) is 15.4. The van der Waals surface area contributed by atoms with Gasteiger partial charge in [0.15, 0.2) is 4.87 Å². The summed E-state index contributed by atoms with van der Waals surface area (Å²) in [6, 6.07) is 17.9. The zero-order chi connectivity index (χ0) is 22.5. The maximum absolute atomic E-state index is 14.4. The van der Waals surface area contributed by atoms with Crippen LogP contribution in [0.1, 0.15) is 27.0 Å². The van der Waals surface area contributed by atoms with Gasteiger partial charge in [-0.1, -0.05) is 42.0 Å². The molecule has 162 valence electrons. The zero-order valence-corrected chi connectivity index (χ0v) is 18.2. The fourth-order valence-corrected chi connectivity index (χ4v) is 5.86. The number of carbonyl (C=O) groups is 2. The van der Waals surface area contributed by atoms with E-state index < -0.39 is 16.5 Å². The Morgan fingerprint density at radius 2 is 1.81 bits per heavy atom. The summed E-state index contributed by atoms with van der Waals surface area (Å²) >= 11 is 1.42. The Balaban J connectivity index is 1.57. The van der Waals surface area contributed by atoms with Gasteiger partial charge in [0.25, 0.3) is 11.8 Å². The lowest BCUT2D eigenvalue weighted by Gasteiger charge is -2.33. The van der Waals surface area contributed by atoms with Crippen LogP contribution >= 0.6 is 11.8 Å². The summed E-state index contributed by atoms with van der Waals surface area (Å²) in [7, 11) is 0. The molecule has 2 amide bonds. The standard InChI is InChI=1S/C25H20F2N2O2S/c1-16-6-8-17(9-7-16)23(30)29-12-13-32-25(29)20-4-2-3-5-22(20)28(24(25)31)15-18-10-11-19(26)14-21(18)27/h2-11,14H,12-13,15H2,1H3/t25-/m0/s1. The maximum atomic E-state index is 14.4. The van der Waals surface area contributed by atoms with Crippen molar-refractivity contribution < 1.29 is 18.4 Å². The molecule has 0 aliphatic carbocycles. The predicted molar refractivity (Wildman–Crippen MR) is 120 cm³/mol. The number of benzene rings is 3. The summed E-state index contributed by atoms with van der Waals surface area (Å²) in [5.74, 6) is -1.27. The molecular weight excluding hydrogens is 430 g/mol. The van der Waals surface area contributed by atoms with Crippen LogP contribution in [-0.4, -0.2) is 29.0 Å². The van der Waals surface area contributed by atoms with Gasteiger partial charge in [-0.05, 0) is 31.2 Å². The smallest absolute Gasteiger partial charge is 0.268 e. The molecule has 1 spiro atoms. The van der Waals surface area contributed by atoms with Gasteiger partial charge in [-0.25, -0.2) is 8.78 Å². The van der Waals surface area contributed by atoms with Crippen molar-refractivity contribution in [3.8, 4) is 0 Å². The van der Waals surface area contributed by atoms with Crippen LogP contribution in [-0.2, 0) is 16.2 Å². The van der Waals surface area contributed by atoms with Crippen LogP contribution in [0.15, 0.2) is 66.7 Å². The Labute approximate surface area is 188 Å². The molecule has 0 saturated carbocycles. The van der Waals surface area contributed by atoms with Gasteiger partial charge in [0, 0.05) is 35.1 Å². The van der Waals surface area contributed by atoms with Crippen molar-refractivity contribution in [3.63, 3.8) is 0 Å². The molecule has 0 N–H and O–H groups in total. The van der Waals surface area contributed by atoms with E-state index in [1.807, 2.05) is 37.3 Å². The van der Waals surface area contributed by atoms with Gasteiger partial charge >= 0.3 is 0 Å². The van der Waals surface area contributed by atoms with E-state index in [1.54, 1.807) is 23.1 Å². The van der Waals surface area contributed by atoms with E-state index in [0.717, 1.165) is 17.2 Å². The molecule has 0 unspecified atom stereocenters. The number of nitrogens with zero attached hydrogens (tertiary/aromatic N) is 2. The SMILES string of the molecule is Cc1ccc(C(=O)N2CCS[C@@]23C(=O)N(Cc2ccc(F)cc2F)c2ccccc23)cc1. The molecule has 7 heteroatoms. The van der Waals surface area contributed by atoms with E-state index in [0.29, 0.717) is 23.5 Å². The Morgan fingerprint density at radius 3 is 2.56 bits per heavy atom. The molecule has 1 saturated heterocycles. The topological polar surface area (TPSA) is 40.6 Å². The molecule has 0 aromatic heterocycles. The lowest BCUT2D eigenvalue weighted by molar-refractivity contribution is -0.123. The average molecular weight is 451 g/mol. The van der Waals surface area contributed by atoms with E-state index in [2.05, 4.69) is 0 Å². The number of thioether (sulfide) groups is 1. The van der Waals surface area contributed by atoms with Crippen molar-refractivity contribution in [2.24, 2.45) is 0 Å². The molecule has 2 aliphatic rings. The van der Waals surface area contributed by atoms with E-state index in [9.17, 15) is 18.4 Å². The minimum atomic E-state index is -1.20. The van der Waals surface area contributed by atoms with Crippen molar-refractivity contribution in [1.82, 2.24) is 4.90 Å². The Bertz CT molecular complexity index is 1230. The van der Waals surface area contributed by atoms with Crippen molar-refractivity contribution in [2.75, 3.05) is 17.2 Å². The summed E-state index contributed by atoms with van der Waals surface area (Å²) in [4.78, 5) is 29.3. The van der Waals surface area contributed by atoms with Crippen LogP contribution in [0.4, 0.5) is 14.5 Å². The number of rotatable bonds is 3. The van der Waals surface area contributed by atoms with Gasteiger partial charge in [-0.3, -0.25) is 9.59 Å². The average Bonchev–Trinajstić information content (AvgIpc) is 3.33. The quantitative estimate of drug-likeness (QED) is 0.572. The third-order valence-corrected chi connectivity index (χ3v) is 7.41. The molecule has 3 aromatic carbocycles. The number of hydrogen-bond acceptors (Lipinski definition) is 3. The van der Waals surface area contributed by atoms with E-state index >= 15 is 0 Å². The van der Waals surface area contributed by atoms with Gasteiger partial charge in [-0.2, -0.15) is 0 Å². The summed E-state index contributed by atoms with van der Waals surface area (Å²) in [6.07, 6.45) is 0. The normalized spacial score (nSPS) is 19.7. The lowest BCUT2D eigenvalue weighted by atomic mass is 10.0. The number of carbonyl (C=O) groups excluding carboxylic acids is 2. The van der Waals surface area contributed by atoms with Crippen LogP contribution in [0.2, 0.25) is 0 Å². The number of fused-ring (bicyclic) bond motifs is 2. The Morgan fingerprint density at radius 1 is 1.06 bits per heavy atom. The molecule has 5 rings (SSSR count). The lowest BCUT2D eigenvalue weighted by Crippen LogP contribution is -2.50. The van der Waals surface area contributed by atoms with Crippen molar-refractivity contribution in [2.45, 2.75) is 18.3 Å². The highest BCUT2D eigenvalue weighted by Crippen LogP contribution is 2.54. The number of anilines is 1. The highest BCUT2D eigenvalue weighted by atomic mass is 32.2. The molecule has 2 heterocycles. The molecule has 32 heavy (non-hydrogen) atoms. The van der Waals surface area contributed by atoms with E-state index in [1.165, 1.54) is 28.8 Å².